The van der Waals surface area contributed by atoms with Crippen LogP contribution in [0.15, 0.2) is 18.3 Å². The van der Waals surface area contributed by atoms with E-state index in [1.165, 1.54) is 0 Å². The van der Waals surface area contributed by atoms with Crippen molar-refractivity contribution in [1.29, 1.82) is 5.26 Å². The molecule has 0 saturated carbocycles. The molecule has 0 atom stereocenters. The summed E-state index contributed by atoms with van der Waals surface area (Å²) in [5.41, 5.74) is 1.49. The maximum Gasteiger partial charge on any atom is 0.163 e. The summed E-state index contributed by atoms with van der Waals surface area (Å²) in [6, 6.07) is 5.99. The molecule has 80 valence electrons. The van der Waals surface area contributed by atoms with Gasteiger partial charge in [-0.3, -0.25) is 0 Å². The molecule has 0 aliphatic rings. The number of hydrogen-bond donors (Lipinski definition) is 0. The van der Waals surface area contributed by atoms with Crippen molar-refractivity contribution in [3.63, 3.8) is 0 Å². The van der Waals surface area contributed by atoms with Gasteiger partial charge >= 0.3 is 0 Å². The Kier molecular flexibility index (Phi) is 4.62. The molecule has 0 unspecified atom stereocenters. The lowest BCUT2D eigenvalue weighted by Crippen LogP contribution is -2.25. The standard InChI is InChI=1S/C12H17N3/c1-3-8-15(9-4-2)12-6-5-7-14-11(12)10-13/h5-7H,3-4,8-9H2,1-2H3. The summed E-state index contributed by atoms with van der Waals surface area (Å²) in [7, 11) is 0. The zero-order valence-corrected chi connectivity index (χ0v) is 9.40. The van der Waals surface area contributed by atoms with Crippen LogP contribution in [0.3, 0.4) is 0 Å². The second-order valence-corrected chi connectivity index (χ2v) is 3.47. The Morgan fingerprint density at radius 1 is 1.33 bits per heavy atom. The van der Waals surface area contributed by atoms with Crippen LogP contribution < -0.4 is 4.90 Å². The van der Waals surface area contributed by atoms with Gasteiger partial charge < -0.3 is 4.90 Å². The van der Waals surface area contributed by atoms with E-state index < -0.39 is 0 Å². The predicted molar refractivity (Wildman–Crippen MR) is 61.7 cm³/mol. The molecule has 1 aromatic heterocycles. The Morgan fingerprint density at radius 2 is 2.00 bits per heavy atom. The van der Waals surface area contributed by atoms with Gasteiger partial charge in [-0.2, -0.15) is 5.26 Å². The fourth-order valence-corrected chi connectivity index (χ4v) is 1.63. The van der Waals surface area contributed by atoms with Crippen molar-refractivity contribution in [2.24, 2.45) is 0 Å². The average Bonchev–Trinajstić information content (AvgIpc) is 2.29. The lowest BCUT2D eigenvalue weighted by molar-refractivity contribution is 0.742. The maximum absolute atomic E-state index is 8.96. The fourth-order valence-electron chi connectivity index (χ4n) is 1.63. The number of nitrogens with zero attached hydrogens (tertiary/aromatic N) is 3. The summed E-state index contributed by atoms with van der Waals surface area (Å²) < 4.78 is 0. The number of nitriles is 1. The Labute approximate surface area is 91.4 Å². The molecule has 3 heteroatoms. The predicted octanol–water partition coefficient (Wildman–Crippen LogP) is 2.58. The van der Waals surface area contributed by atoms with Gasteiger partial charge in [-0.1, -0.05) is 13.8 Å². The molecule has 0 saturated heterocycles. The minimum Gasteiger partial charge on any atom is -0.369 e. The fraction of sp³-hybridized carbons (Fsp3) is 0.500. The van der Waals surface area contributed by atoms with Gasteiger partial charge in [0.05, 0.1) is 5.69 Å². The van der Waals surface area contributed by atoms with Gasteiger partial charge in [-0.15, -0.1) is 0 Å². The number of hydrogen-bond acceptors (Lipinski definition) is 3. The summed E-state index contributed by atoms with van der Waals surface area (Å²) in [4.78, 5) is 6.31. The maximum atomic E-state index is 8.96. The first-order chi connectivity index (χ1) is 7.33. The van der Waals surface area contributed by atoms with Crippen molar-refractivity contribution in [2.75, 3.05) is 18.0 Å². The van der Waals surface area contributed by atoms with Crippen LogP contribution in [0.2, 0.25) is 0 Å². The molecule has 0 radical (unpaired) electrons. The third-order valence-electron chi connectivity index (χ3n) is 2.22. The average molecular weight is 203 g/mol. The summed E-state index contributed by atoms with van der Waals surface area (Å²) in [5.74, 6) is 0. The highest BCUT2D eigenvalue weighted by molar-refractivity contribution is 5.55. The van der Waals surface area contributed by atoms with Gasteiger partial charge in [-0.05, 0) is 25.0 Å². The van der Waals surface area contributed by atoms with Gasteiger partial charge in [0.2, 0.25) is 0 Å². The Bertz CT molecular complexity index is 335. The van der Waals surface area contributed by atoms with Gasteiger partial charge in [0.15, 0.2) is 5.69 Å². The van der Waals surface area contributed by atoms with Crippen molar-refractivity contribution in [3.8, 4) is 6.07 Å². The molecule has 0 fully saturated rings. The lowest BCUT2D eigenvalue weighted by Gasteiger charge is -2.23. The summed E-state index contributed by atoms with van der Waals surface area (Å²) in [5, 5.41) is 8.96. The van der Waals surface area contributed by atoms with Gasteiger partial charge in [0.1, 0.15) is 6.07 Å². The van der Waals surface area contributed by atoms with Crippen molar-refractivity contribution in [3.05, 3.63) is 24.0 Å². The van der Waals surface area contributed by atoms with E-state index in [2.05, 4.69) is 29.8 Å². The van der Waals surface area contributed by atoms with Crippen molar-refractivity contribution >= 4 is 5.69 Å². The molecule has 1 heterocycles. The Hall–Kier alpha value is -1.56. The molecule has 0 N–H and O–H groups in total. The first-order valence-electron chi connectivity index (χ1n) is 5.43. The second-order valence-electron chi connectivity index (χ2n) is 3.47. The molecule has 0 aliphatic heterocycles. The van der Waals surface area contributed by atoms with Crippen LogP contribution in [-0.4, -0.2) is 18.1 Å². The molecule has 0 spiro atoms. The van der Waals surface area contributed by atoms with E-state index in [4.69, 9.17) is 5.26 Å². The van der Waals surface area contributed by atoms with E-state index in [0.29, 0.717) is 5.69 Å². The Balaban J connectivity index is 2.94. The van der Waals surface area contributed by atoms with Gasteiger partial charge in [0.25, 0.3) is 0 Å². The van der Waals surface area contributed by atoms with Crippen molar-refractivity contribution in [1.82, 2.24) is 4.98 Å². The number of anilines is 1. The van der Waals surface area contributed by atoms with E-state index in [1.807, 2.05) is 12.1 Å². The van der Waals surface area contributed by atoms with Crippen molar-refractivity contribution < 1.29 is 0 Å². The molecule has 0 bridgehead atoms. The highest BCUT2D eigenvalue weighted by atomic mass is 15.1. The molecule has 1 rings (SSSR count). The zero-order valence-electron chi connectivity index (χ0n) is 9.40. The summed E-state index contributed by atoms with van der Waals surface area (Å²) >= 11 is 0. The minimum absolute atomic E-state index is 0.527. The van der Waals surface area contributed by atoms with E-state index in [0.717, 1.165) is 31.6 Å². The third-order valence-corrected chi connectivity index (χ3v) is 2.22. The summed E-state index contributed by atoms with van der Waals surface area (Å²) in [6.07, 6.45) is 3.83. The largest absolute Gasteiger partial charge is 0.369 e. The van der Waals surface area contributed by atoms with Crippen LogP contribution >= 0.6 is 0 Å². The zero-order chi connectivity index (χ0) is 11.1. The van der Waals surface area contributed by atoms with E-state index in [-0.39, 0.29) is 0 Å². The number of pyridine rings is 1. The third kappa shape index (κ3) is 2.95. The van der Waals surface area contributed by atoms with Crippen molar-refractivity contribution in [2.45, 2.75) is 26.7 Å². The Morgan fingerprint density at radius 3 is 2.53 bits per heavy atom. The molecule has 15 heavy (non-hydrogen) atoms. The molecular formula is C12H17N3. The normalized spacial score (nSPS) is 9.67. The van der Waals surface area contributed by atoms with E-state index in [9.17, 15) is 0 Å². The second kappa shape index (κ2) is 6.02. The molecule has 1 aromatic rings. The van der Waals surface area contributed by atoms with Crippen LogP contribution in [0, 0.1) is 11.3 Å². The molecule has 0 aromatic carbocycles. The smallest absolute Gasteiger partial charge is 0.163 e. The van der Waals surface area contributed by atoms with E-state index in [1.54, 1.807) is 6.20 Å². The van der Waals surface area contributed by atoms with E-state index >= 15 is 0 Å². The van der Waals surface area contributed by atoms with Gasteiger partial charge in [-0.25, -0.2) is 4.98 Å². The van der Waals surface area contributed by atoms with Crippen LogP contribution in [-0.2, 0) is 0 Å². The lowest BCUT2D eigenvalue weighted by atomic mass is 10.2. The highest BCUT2D eigenvalue weighted by Gasteiger charge is 2.09. The number of aromatic nitrogens is 1. The quantitative estimate of drug-likeness (QED) is 0.738. The highest BCUT2D eigenvalue weighted by Crippen LogP contribution is 2.17. The van der Waals surface area contributed by atoms with Crippen LogP contribution in [0.4, 0.5) is 5.69 Å². The molecular weight excluding hydrogens is 186 g/mol. The minimum atomic E-state index is 0.527. The van der Waals surface area contributed by atoms with Crippen LogP contribution in [0.5, 0.6) is 0 Å². The first kappa shape index (κ1) is 11.5. The van der Waals surface area contributed by atoms with Gasteiger partial charge in [0, 0.05) is 19.3 Å². The monoisotopic (exact) mass is 203 g/mol. The molecule has 0 amide bonds. The number of rotatable bonds is 5. The van der Waals surface area contributed by atoms with Crippen LogP contribution in [0.1, 0.15) is 32.4 Å². The SMILES string of the molecule is CCCN(CCC)c1cccnc1C#N. The molecule has 0 aliphatic carbocycles. The topological polar surface area (TPSA) is 39.9 Å². The van der Waals surface area contributed by atoms with Crippen LogP contribution in [0.25, 0.3) is 0 Å². The first-order valence-corrected chi connectivity index (χ1v) is 5.43. The summed E-state index contributed by atoms with van der Waals surface area (Å²) in [6.45, 7) is 6.25. The molecule has 3 nitrogen and oxygen atoms in total.